The van der Waals surface area contributed by atoms with Gasteiger partial charge in [0.05, 0.1) is 0 Å². The second-order valence-corrected chi connectivity index (χ2v) is 8.94. The summed E-state index contributed by atoms with van der Waals surface area (Å²) >= 11 is 1.67. The van der Waals surface area contributed by atoms with E-state index < -0.39 is 0 Å². The van der Waals surface area contributed by atoms with Gasteiger partial charge in [0.1, 0.15) is 5.82 Å². The van der Waals surface area contributed by atoms with Gasteiger partial charge in [-0.3, -0.25) is 9.36 Å². The Kier molecular flexibility index (Phi) is 7.38. The molecule has 1 saturated heterocycles. The number of nitrogens with zero attached hydrogens (tertiary/aromatic N) is 4. The molecule has 2 heterocycles. The van der Waals surface area contributed by atoms with Gasteiger partial charge < -0.3 is 10.2 Å². The summed E-state index contributed by atoms with van der Waals surface area (Å²) in [4.78, 5) is 14.5. The molecule has 7 heteroatoms. The van der Waals surface area contributed by atoms with Crippen molar-refractivity contribution in [3.63, 3.8) is 0 Å². The molecule has 6 nitrogen and oxygen atoms in total. The minimum absolute atomic E-state index is 0.253. The smallest absolute Gasteiger partial charge is 0.222 e. The summed E-state index contributed by atoms with van der Waals surface area (Å²) in [7, 11) is 0. The number of hydrogen-bond donors (Lipinski definition) is 1. The van der Waals surface area contributed by atoms with Crippen LogP contribution in [0.3, 0.4) is 0 Å². The summed E-state index contributed by atoms with van der Waals surface area (Å²) < 4.78 is 2.14. The highest BCUT2D eigenvalue weighted by molar-refractivity contribution is 7.99. The van der Waals surface area contributed by atoms with E-state index in [1.165, 1.54) is 5.56 Å². The lowest BCUT2D eigenvalue weighted by Gasteiger charge is -2.32. The van der Waals surface area contributed by atoms with Crippen molar-refractivity contribution in [2.75, 3.05) is 25.4 Å². The van der Waals surface area contributed by atoms with Gasteiger partial charge in [-0.15, -0.1) is 10.2 Å². The van der Waals surface area contributed by atoms with Crippen molar-refractivity contribution < 1.29 is 4.79 Å². The minimum atomic E-state index is 0.253. The van der Waals surface area contributed by atoms with E-state index in [0.29, 0.717) is 12.5 Å². The van der Waals surface area contributed by atoms with Gasteiger partial charge >= 0.3 is 0 Å². The zero-order chi connectivity index (χ0) is 21.5. The van der Waals surface area contributed by atoms with Crippen molar-refractivity contribution in [2.45, 2.75) is 37.4 Å². The maximum Gasteiger partial charge on any atom is 0.222 e. The molecule has 1 aliphatic rings. The van der Waals surface area contributed by atoms with E-state index in [1.807, 2.05) is 41.3 Å². The molecule has 1 N–H and O–H groups in total. The number of aromatic nitrogens is 3. The average Bonchev–Trinajstić information content (AvgIpc) is 3.20. The Morgan fingerprint density at radius 1 is 1.10 bits per heavy atom. The number of hydrogen-bond acceptors (Lipinski definition) is 5. The predicted octanol–water partition coefficient (Wildman–Crippen LogP) is 3.55. The van der Waals surface area contributed by atoms with Crippen LogP contribution in [0.2, 0.25) is 0 Å². The molecule has 31 heavy (non-hydrogen) atoms. The van der Waals surface area contributed by atoms with Gasteiger partial charge in [0.2, 0.25) is 5.91 Å². The maximum absolute atomic E-state index is 12.5. The zero-order valence-corrected chi connectivity index (χ0v) is 18.7. The molecule has 4 rings (SSSR count). The Morgan fingerprint density at radius 2 is 1.84 bits per heavy atom. The fraction of sp³-hybridized carbons (Fsp3) is 0.375. The van der Waals surface area contributed by atoms with Crippen LogP contribution >= 0.6 is 11.8 Å². The number of carbonyl (C=O) groups excluding carboxylic acids is 1. The monoisotopic (exact) mass is 435 g/mol. The topological polar surface area (TPSA) is 63.1 Å². The van der Waals surface area contributed by atoms with Gasteiger partial charge in [0, 0.05) is 50.0 Å². The van der Waals surface area contributed by atoms with Crippen LogP contribution in [0.25, 0.3) is 5.69 Å². The summed E-state index contributed by atoms with van der Waals surface area (Å²) in [5.74, 6) is 2.01. The number of thioether (sulfide) groups is 1. The molecule has 0 radical (unpaired) electrons. The molecule has 162 valence electrons. The fourth-order valence-electron chi connectivity index (χ4n) is 3.83. The molecule has 0 spiro atoms. The molecule has 3 aromatic rings. The number of benzene rings is 2. The van der Waals surface area contributed by atoms with Gasteiger partial charge in [-0.25, -0.2) is 0 Å². The Labute approximate surface area is 188 Å². The van der Waals surface area contributed by atoms with Crippen LogP contribution in [0.15, 0.2) is 65.8 Å². The number of para-hydroxylation sites is 1. The maximum atomic E-state index is 12.5. The van der Waals surface area contributed by atoms with Crippen molar-refractivity contribution in [3.05, 3.63) is 72.1 Å². The third kappa shape index (κ3) is 5.74. The largest absolute Gasteiger partial charge is 0.340 e. The SMILES string of the molecule is CC1CN(C(=O)CCCSc2nnc(Cc3ccccc3)n2-c2ccccc2)CCN1. The van der Waals surface area contributed by atoms with Gasteiger partial charge in [0.15, 0.2) is 5.16 Å². The number of piperazine rings is 1. The molecule has 1 fully saturated rings. The highest BCUT2D eigenvalue weighted by atomic mass is 32.2. The lowest BCUT2D eigenvalue weighted by molar-refractivity contribution is -0.132. The van der Waals surface area contributed by atoms with E-state index in [9.17, 15) is 4.79 Å². The van der Waals surface area contributed by atoms with Gasteiger partial charge in [-0.05, 0) is 31.0 Å². The first-order chi connectivity index (χ1) is 15.2. The molecule has 0 bridgehead atoms. The fourth-order valence-corrected chi connectivity index (χ4v) is 4.74. The third-order valence-electron chi connectivity index (χ3n) is 5.41. The minimum Gasteiger partial charge on any atom is -0.340 e. The first kappa shape index (κ1) is 21.6. The van der Waals surface area contributed by atoms with Crippen molar-refractivity contribution in [2.24, 2.45) is 0 Å². The molecule has 2 aromatic carbocycles. The summed E-state index contributed by atoms with van der Waals surface area (Å²) in [5.41, 5.74) is 2.27. The Morgan fingerprint density at radius 3 is 2.58 bits per heavy atom. The van der Waals surface area contributed by atoms with E-state index in [2.05, 4.69) is 51.3 Å². The molecule has 0 aliphatic carbocycles. The van der Waals surface area contributed by atoms with Crippen LogP contribution in [0.1, 0.15) is 31.2 Å². The number of rotatable bonds is 8. The molecule has 0 saturated carbocycles. The van der Waals surface area contributed by atoms with Gasteiger partial charge in [-0.2, -0.15) is 0 Å². The normalized spacial score (nSPS) is 16.4. The lowest BCUT2D eigenvalue weighted by Crippen LogP contribution is -2.51. The highest BCUT2D eigenvalue weighted by Crippen LogP contribution is 2.24. The van der Waals surface area contributed by atoms with E-state index in [0.717, 1.165) is 54.9 Å². The van der Waals surface area contributed by atoms with E-state index in [-0.39, 0.29) is 5.91 Å². The molecular weight excluding hydrogens is 406 g/mol. The predicted molar refractivity (Wildman–Crippen MR) is 125 cm³/mol. The molecule has 1 aromatic heterocycles. The van der Waals surface area contributed by atoms with Crippen molar-refractivity contribution in [1.29, 1.82) is 0 Å². The van der Waals surface area contributed by atoms with Crippen molar-refractivity contribution in [1.82, 2.24) is 25.0 Å². The van der Waals surface area contributed by atoms with Crippen molar-refractivity contribution in [3.8, 4) is 5.69 Å². The second-order valence-electron chi connectivity index (χ2n) is 7.88. The van der Waals surface area contributed by atoms with Gasteiger partial charge in [0.25, 0.3) is 0 Å². The molecule has 1 atom stereocenters. The van der Waals surface area contributed by atoms with Crippen LogP contribution < -0.4 is 5.32 Å². The average molecular weight is 436 g/mol. The van der Waals surface area contributed by atoms with Gasteiger partial charge in [-0.1, -0.05) is 60.3 Å². The Bertz CT molecular complexity index is 976. The van der Waals surface area contributed by atoms with Crippen molar-refractivity contribution >= 4 is 17.7 Å². The molecule has 1 aliphatic heterocycles. The second kappa shape index (κ2) is 10.6. The number of carbonyl (C=O) groups is 1. The van der Waals surface area contributed by atoms with Crippen LogP contribution in [0.5, 0.6) is 0 Å². The van der Waals surface area contributed by atoms with Crippen LogP contribution in [-0.2, 0) is 11.2 Å². The van der Waals surface area contributed by atoms with Crippen LogP contribution in [0, 0.1) is 0 Å². The Balaban J connectivity index is 1.40. The molecular formula is C24H29N5OS. The summed E-state index contributed by atoms with van der Waals surface area (Å²) in [6.45, 7) is 4.61. The summed E-state index contributed by atoms with van der Waals surface area (Å²) in [6.07, 6.45) is 2.14. The molecule has 1 unspecified atom stereocenters. The van der Waals surface area contributed by atoms with Crippen LogP contribution in [0.4, 0.5) is 0 Å². The number of amides is 1. The van der Waals surface area contributed by atoms with E-state index >= 15 is 0 Å². The summed E-state index contributed by atoms with van der Waals surface area (Å²) in [6, 6.07) is 20.9. The first-order valence-corrected chi connectivity index (χ1v) is 11.9. The van der Waals surface area contributed by atoms with E-state index in [4.69, 9.17) is 0 Å². The third-order valence-corrected chi connectivity index (χ3v) is 6.42. The highest BCUT2D eigenvalue weighted by Gasteiger charge is 2.20. The standard InChI is InChI=1S/C24H29N5OS/c1-19-18-28(15-14-25-19)23(30)13-8-16-31-24-27-26-22(17-20-9-4-2-5-10-20)29(24)21-11-6-3-7-12-21/h2-7,9-12,19,25H,8,13-18H2,1H3. The zero-order valence-electron chi connectivity index (χ0n) is 17.9. The quantitative estimate of drug-likeness (QED) is 0.433. The first-order valence-electron chi connectivity index (χ1n) is 10.9. The van der Waals surface area contributed by atoms with Crippen LogP contribution in [-0.4, -0.2) is 57.0 Å². The summed E-state index contributed by atoms with van der Waals surface area (Å²) in [5, 5.41) is 13.2. The lowest BCUT2D eigenvalue weighted by atomic mass is 10.1. The molecule has 1 amide bonds. The number of nitrogens with one attached hydrogen (secondary N) is 1. The Hall–Kier alpha value is -2.64. The van der Waals surface area contributed by atoms with E-state index in [1.54, 1.807) is 11.8 Å².